The maximum Gasteiger partial charge on any atom is 0.259 e. The molecule has 1 aromatic heterocycles. The van der Waals surface area contributed by atoms with E-state index in [0.29, 0.717) is 10.6 Å². The highest BCUT2D eigenvalue weighted by Gasteiger charge is 2.13. The molecule has 18 heavy (non-hydrogen) atoms. The van der Waals surface area contributed by atoms with E-state index in [-0.39, 0.29) is 15.9 Å². The summed E-state index contributed by atoms with van der Waals surface area (Å²) in [7, 11) is -1.18. The predicted octanol–water partition coefficient (Wildman–Crippen LogP) is 3.31. The van der Waals surface area contributed by atoms with E-state index in [9.17, 15) is 4.21 Å². The molecule has 0 aliphatic heterocycles. The molecule has 7 heteroatoms. The van der Waals surface area contributed by atoms with Crippen molar-refractivity contribution in [1.82, 2.24) is 10.2 Å². The zero-order valence-corrected chi connectivity index (χ0v) is 11.6. The molecule has 1 heterocycles. The molecule has 1 atom stereocenters. The van der Waals surface area contributed by atoms with E-state index in [4.69, 9.17) is 27.9 Å². The molecule has 0 bridgehead atoms. The van der Waals surface area contributed by atoms with Crippen LogP contribution < -0.4 is 4.74 Å². The normalized spacial score (nSPS) is 12.2. The van der Waals surface area contributed by atoms with E-state index in [1.807, 2.05) is 0 Å². The van der Waals surface area contributed by atoms with E-state index in [1.54, 1.807) is 30.5 Å². The van der Waals surface area contributed by atoms with E-state index >= 15 is 0 Å². The molecule has 0 saturated heterocycles. The van der Waals surface area contributed by atoms with Crippen molar-refractivity contribution in [2.75, 3.05) is 6.26 Å². The molecule has 0 fully saturated rings. The lowest BCUT2D eigenvalue weighted by molar-refractivity contribution is 0.444. The van der Waals surface area contributed by atoms with Crippen molar-refractivity contribution in [2.45, 2.75) is 4.90 Å². The molecule has 0 amide bonds. The minimum absolute atomic E-state index is 0.0852. The lowest BCUT2D eigenvalue weighted by atomic mass is 10.3. The molecule has 2 rings (SSSR count). The van der Waals surface area contributed by atoms with Crippen molar-refractivity contribution in [3.63, 3.8) is 0 Å². The van der Waals surface area contributed by atoms with Gasteiger partial charge in [-0.15, -0.1) is 5.10 Å². The van der Waals surface area contributed by atoms with Gasteiger partial charge in [0.2, 0.25) is 0 Å². The summed E-state index contributed by atoms with van der Waals surface area (Å²) >= 11 is 11.7. The predicted molar refractivity (Wildman–Crippen MR) is 70.9 cm³/mol. The van der Waals surface area contributed by atoms with Crippen LogP contribution in [-0.2, 0) is 10.8 Å². The Morgan fingerprint density at radius 3 is 2.72 bits per heavy atom. The lowest BCUT2D eigenvalue weighted by Crippen LogP contribution is -1.96. The highest BCUT2D eigenvalue weighted by Crippen LogP contribution is 2.33. The van der Waals surface area contributed by atoms with Crippen molar-refractivity contribution in [1.29, 1.82) is 0 Å². The van der Waals surface area contributed by atoms with Crippen LogP contribution in [0.4, 0.5) is 0 Å². The standard InChI is InChI=1S/C11H8Cl2N2O2S/c1-18(16)9-5-3-2-4-8(9)17-11-10(13)7(12)6-14-15-11/h2-6H,1H3. The molecule has 0 saturated carbocycles. The van der Waals surface area contributed by atoms with Crippen LogP contribution in [0.2, 0.25) is 10.0 Å². The third-order valence-electron chi connectivity index (χ3n) is 2.08. The van der Waals surface area contributed by atoms with Gasteiger partial charge < -0.3 is 4.74 Å². The van der Waals surface area contributed by atoms with Crippen LogP contribution in [0, 0.1) is 0 Å². The van der Waals surface area contributed by atoms with E-state index in [0.717, 1.165) is 0 Å². The number of ether oxygens (including phenoxy) is 1. The number of hydrogen-bond acceptors (Lipinski definition) is 4. The molecular formula is C11H8Cl2N2O2S. The monoisotopic (exact) mass is 302 g/mol. The van der Waals surface area contributed by atoms with Crippen LogP contribution in [0.5, 0.6) is 11.6 Å². The molecule has 0 spiro atoms. The Kier molecular flexibility index (Phi) is 4.16. The van der Waals surface area contributed by atoms with E-state index < -0.39 is 10.8 Å². The summed E-state index contributed by atoms with van der Waals surface area (Å²) in [5.41, 5.74) is 0. The van der Waals surface area contributed by atoms with Crippen LogP contribution in [0.1, 0.15) is 0 Å². The Morgan fingerprint density at radius 2 is 2.00 bits per heavy atom. The molecular weight excluding hydrogens is 295 g/mol. The first-order valence-electron chi connectivity index (χ1n) is 4.86. The van der Waals surface area contributed by atoms with Crippen molar-refractivity contribution in [3.05, 3.63) is 40.5 Å². The van der Waals surface area contributed by atoms with Crippen LogP contribution >= 0.6 is 23.2 Å². The zero-order chi connectivity index (χ0) is 13.1. The van der Waals surface area contributed by atoms with Gasteiger partial charge in [0.25, 0.3) is 5.88 Å². The average molecular weight is 303 g/mol. The van der Waals surface area contributed by atoms with Gasteiger partial charge in [-0.2, -0.15) is 5.10 Å². The van der Waals surface area contributed by atoms with Crippen LogP contribution in [0.25, 0.3) is 0 Å². The van der Waals surface area contributed by atoms with Gasteiger partial charge in [0.1, 0.15) is 10.8 Å². The van der Waals surface area contributed by atoms with Gasteiger partial charge in [-0.25, -0.2) is 0 Å². The molecule has 0 radical (unpaired) electrons. The molecule has 0 aliphatic carbocycles. The first-order chi connectivity index (χ1) is 8.59. The quantitative estimate of drug-likeness (QED) is 0.873. The maximum atomic E-state index is 11.5. The number of rotatable bonds is 3. The Morgan fingerprint density at radius 1 is 1.28 bits per heavy atom. The van der Waals surface area contributed by atoms with Gasteiger partial charge in [0.05, 0.1) is 26.9 Å². The van der Waals surface area contributed by atoms with Crippen molar-refractivity contribution >= 4 is 34.0 Å². The number of hydrogen-bond donors (Lipinski definition) is 0. The van der Waals surface area contributed by atoms with Gasteiger partial charge in [-0.05, 0) is 12.1 Å². The summed E-state index contributed by atoms with van der Waals surface area (Å²) in [5.74, 6) is 0.499. The summed E-state index contributed by atoms with van der Waals surface area (Å²) in [6.07, 6.45) is 2.88. The summed E-state index contributed by atoms with van der Waals surface area (Å²) < 4.78 is 17.0. The fourth-order valence-corrected chi connectivity index (χ4v) is 2.19. The number of aromatic nitrogens is 2. The number of benzene rings is 1. The lowest BCUT2D eigenvalue weighted by Gasteiger charge is -2.09. The second-order valence-electron chi connectivity index (χ2n) is 3.31. The molecule has 0 aliphatic rings. The largest absolute Gasteiger partial charge is 0.435 e. The SMILES string of the molecule is CS(=O)c1ccccc1Oc1nncc(Cl)c1Cl. The van der Waals surface area contributed by atoms with E-state index in [2.05, 4.69) is 10.2 Å². The third-order valence-corrected chi connectivity index (χ3v) is 3.79. The molecule has 1 unspecified atom stereocenters. The van der Waals surface area contributed by atoms with Crippen molar-refractivity contribution in [2.24, 2.45) is 0 Å². The fourth-order valence-electron chi connectivity index (χ4n) is 1.28. The summed E-state index contributed by atoms with van der Waals surface area (Å²) in [6, 6.07) is 6.92. The van der Waals surface area contributed by atoms with Gasteiger partial charge in [0, 0.05) is 6.26 Å². The summed E-state index contributed by atoms with van der Waals surface area (Å²) in [5, 5.41) is 7.81. The average Bonchev–Trinajstić information content (AvgIpc) is 2.35. The summed E-state index contributed by atoms with van der Waals surface area (Å²) in [6.45, 7) is 0. The van der Waals surface area contributed by atoms with E-state index in [1.165, 1.54) is 6.20 Å². The van der Waals surface area contributed by atoms with Gasteiger partial charge >= 0.3 is 0 Å². The molecule has 1 aromatic carbocycles. The van der Waals surface area contributed by atoms with Crippen LogP contribution in [-0.4, -0.2) is 20.7 Å². The maximum absolute atomic E-state index is 11.5. The second-order valence-corrected chi connectivity index (χ2v) is 5.45. The Balaban J connectivity index is 2.40. The molecule has 4 nitrogen and oxygen atoms in total. The van der Waals surface area contributed by atoms with Gasteiger partial charge in [-0.1, -0.05) is 35.3 Å². The zero-order valence-electron chi connectivity index (χ0n) is 9.26. The fraction of sp³-hybridized carbons (Fsp3) is 0.0909. The number of para-hydroxylation sites is 1. The molecule has 0 N–H and O–H groups in total. The Hall–Kier alpha value is -1.17. The van der Waals surface area contributed by atoms with Crippen molar-refractivity contribution < 1.29 is 8.95 Å². The van der Waals surface area contributed by atoms with Crippen LogP contribution in [0.15, 0.2) is 35.4 Å². The third kappa shape index (κ3) is 2.80. The second kappa shape index (κ2) is 5.65. The van der Waals surface area contributed by atoms with Crippen molar-refractivity contribution in [3.8, 4) is 11.6 Å². The number of halogens is 2. The highest BCUT2D eigenvalue weighted by atomic mass is 35.5. The number of nitrogens with zero attached hydrogens (tertiary/aromatic N) is 2. The first kappa shape index (κ1) is 13.3. The minimum Gasteiger partial charge on any atom is -0.435 e. The smallest absolute Gasteiger partial charge is 0.259 e. The van der Waals surface area contributed by atoms with Gasteiger partial charge in [0.15, 0.2) is 0 Å². The topological polar surface area (TPSA) is 52.1 Å². The Labute approximate surface area is 116 Å². The first-order valence-corrected chi connectivity index (χ1v) is 7.18. The molecule has 94 valence electrons. The van der Waals surface area contributed by atoms with Crippen LogP contribution in [0.3, 0.4) is 0 Å². The summed E-state index contributed by atoms with van der Waals surface area (Å²) in [4.78, 5) is 0.551. The highest BCUT2D eigenvalue weighted by molar-refractivity contribution is 7.84. The Bertz CT molecular complexity index is 607. The van der Waals surface area contributed by atoms with Gasteiger partial charge in [-0.3, -0.25) is 4.21 Å². The molecule has 2 aromatic rings. The minimum atomic E-state index is -1.18.